The van der Waals surface area contributed by atoms with E-state index in [4.69, 9.17) is 11.6 Å². The maximum atomic E-state index is 12.8. The Morgan fingerprint density at radius 3 is 2.67 bits per heavy atom. The van der Waals surface area contributed by atoms with E-state index in [9.17, 15) is 4.79 Å². The van der Waals surface area contributed by atoms with Gasteiger partial charge in [-0.15, -0.1) is 0 Å². The maximum Gasteiger partial charge on any atom is 0.261 e. The Labute approximate surface area is 129 Å². The minimum atomic E-state index is -0.104. The first-order valence-corrected chi connectivity index (χ1v) is 7.20. The molecule has 1 aliphatic heterocycles. The summed E-state index contributed by atoms with van der Waals surface area (Å²) >= 11 is 6.20. The van der Waals surface area contributed by atoms with Gasteiger partial charge >= 0.3 is 0 Å². The van der Waals surface area contributed by atoms with Crippen molar-refractivity contribution in [1.29, 1.82) is 0 Å². The molecule has 0 radical (unpaired) electrons. The van der Waals surface area contributed by atoms with E-state index in [1.807, 2.05) is 38.2 Å². The number of hydrogen-bond donors (Lipinski definition) is 0. The van der Waals surface area contributed by atoms with Crippen molar-refractivity contribution in [3.63, 3.8) is 0 Å². The molecule has 21 heavy (non-hydrogen) atoms. The molecule has 1 aliphatic rings. The molecule has 5 heteroatoms. The molecule has 1 amide bonds. The lowest BCUT2D eigenvalue weighted by molar-refractivity contribution is 0.0986. The molecule has 0 unspecified atom stereocenters. The van der Waals surface area contributed by atoms with Crippen molar-refractivity contribution < 1.29 is 4.79 Å². The van der Waals surface area contributed by atoms with Crippen LogP contribution in [-0.2, 0) is 0 Å². The molecule has 0 saturated carbocycles. The Hall–Kier alpha value is -2.07. The van der Waals surface area contributed by atoms with Gasteiger partial charge in [0.05, 0.1) is 22.0 Å². The molecule has 1 aromatic carbocycles. The van der Waals surface area contributed by atoms with Crippen molar-refractivity contribution in [1.82, 2.24) is 4.98 Å². The standard InChI is InChI=1S/C16H16ClN3O/c1-11-9-13(17)12(10-18-11)16(21)20-8-7-19(2)14-5-3-4-6-15(14)20/h3-6,9-10H,7-8H2,1-2H3. The van der Waals surface area contributed by atoms with Crippen LogP contribution in [0.4, 0.5) is 11.4 Å². The SMILES string of the molecule is Cc1cc(Cl)c(C(=O)N2CCN(C)c3ccccc32)cn1. The predicted molar refractivity (Wildman–Crippen MR) is 85.4 cm³/mol. The number of rotatable bonds is 1. The highest BCUT2D eigenvalue weighted by Crippen LogP contribution is 2.33. The number of hydrogen-bond acceptors (Lipinski definition) is 3. The molecule has 1 aromatic heterocycles. The molecule has 3 rings (SSSR count). The van der Waals surface area contributed by atoms with Crippen molar-refractivity contribution >= 4 is 28.9 Å². The van der Waals surface area contributed by atoms with Crippen LogP contribution in [0.3, 0.4) is 0 Å². The summed E-state index contributed by atoms with van der Waals surface area (Å²) in [5.74, 6) is -0.104. The predicted octanol–water partition coefficient (Wildman–Crippen LogP) is 3.14. The first kappa shape index (κ1) is 13.9. The van der Waals surface area contributed by atoms with E-state index in [2.05, 4.69) is 9.88 Å². The quantitative estimate of drug-likeness (QED) is 0.812. The number of amides is 1. The molecule has 0 aliphatic carbocycles. The monoisotopic (exact) mass is 301 g/mol. The van der Waals surface area contributed by atoms with E-state index in [0.717, 1.165) is 23.6 Å². The third-order valence-electron chi connectivity index (χ3n) is 3.71. The largest absolute Gasteiger partial charge is 0.371 e. The third-order valence-corrected chi connectivity index (χ3v) is 4.02. The van der Waals surface area contributed by atoms with Gasteiger partial charge in [-0.25, -0.2) is 0 Å². The van der Waals surface area contributed by atoms with Gasteiger partial charge in [0.1, 0.15) is 0 Å². The molecule has 0 bridgehead atoms. The number of aryl methyl sites for hydroxylation is 1. The van der Waals surface area contributed by atoms with Crippen molar-refractivity contribution in [2.75, 3.05) is 29.9 Å². The maximum absolute atomic E-state index is 12.8. The third kappa shape index (κ3) is 2.47. The molecule has 108 valence electrons. The van der Waals surface area contributed by atoms with Crippen molar-refractivity contribution in [2.45, 2.75) is 6.92 Å². The molecule has 0 fully saturated rings. The van der Waals surface area contributed by atoms with E-state index in [-0.39, 0.29) is 5.91 Å². The van der Waals surface area contributed by atoms with Gasteiger partial charge in [0.2, 0.25) is 0 Å². The van der Waals surface area contributed by atoms with Crippen LogP contribution in [0.1, 0.15) is 16.1 Å². The number of carbonyl (C=O) groups is 1. The molecule has 4 nitrogen and oxygen atoms in total. The highest BCUT2D eigenvalue weighted by Gasteiger charge is 2.27. The smallest absolute Gasteiger partial charge is 0.261 e. The second-order valence-electron chi connectivity index (χ2n) is 5.17. The number of fused-ring (bicyclic) bond motifs is 1. The van der Waals surface area contributed by atoms with E-state index in [0.29, 0.717) is 17.1 Å². The summed E-state index contributed by atoms with van der Waals surface area (Å²) in [7, 11) is 2.03. The fourth-order valence-electron chi connectivity index (χ4n) is 2.55. The molecule has 2 aromatic rings. The summed E-state index contributed by atoms with van der Waals surface area (Å²) in [6.45, 7) is 3.28. The van der Waals surface area contributed by atoms with Crippen LogP contribution < -0.4 is 9.80 Å². The average molecular weight is 302 g/mol. The van der Waals surface area contributed by atoms with Crippen LogP contribution in [0.15, 0.2) is 36.5 Å². The van der Waals surface area contributed by atoms with Gasteiger partial charge in [0.25, 0.3) is 5.91 Å². The van der Waals surface area contributed by atoms with Crippen molar-refractivity contribution in [3.8, 4) is 0 Å². The highest BCUT2D eigenvalue weighted by atomic mass is 35.5. The van der Waals surface area contributed by atoms with Gasteiger partial charge in [-0.2, -0.15) is 0 Å². The molecule has 0 saturated heterocycles. The Morgan fingerprint density at radius 2 is 1.95 bits per heavy atom. The summed E-state index contributed by atoms with van der Waals surface area (Å²) < 4.78 is 0. The molecule has 2 heterocycles. The Balaban J connectivity index is 2.01. The average Bonchev–Trinajstić information content (AvgIpc) is 2.47. The van der Waals surface area contributed by atoms with E-state index in [1.165, 1.54) is 0 Å². The van der Waals surface area contributed by atoms with Gasteiger partial charge in [0, 0.05) is 32.0 Å². The van der Waals surface area contributed by atoms with Crippen LogP contribution in [-0.4, -0.2) is 31.0 Å². The van der Waals surface area contributed by atoms with Crippen molar-refractivity contribution in [3.05, 3.63) is 52.8 Å². The number of pyridine rings is 1. The number of para-hydroxylation sites is 2. The highest BCUT2D eigenvalue weighted by molar-refractivity contribution is 6.34. The second kappa shape index (κ2) is 5.37. The number of halogens is 1. The summed E-state index contributed by atoms with van der Waals surface area (Å²) in [6, 6.07) is 9.61. The van der Waals surface area contributed by atoms with Crippen LogP contribution in [0, 0.1) is 6.92 Å². The molecule has 0 N–H and O–H groups in total. The van der Waals surface area contributed by atoms with Crippen LogP contribution >= 0.6 is 11.6 Å². The fourth-order valence-corrected chi connectivity index (χ4v) is 2.83. The molecular formula is C16H16ClN3O. The number of nitrogens with zero attached hydrogens (tertiary/aromatic N) is 3. The number of benzene rings is 1. The fraction of sp³-hybridized carbons (Fsp3) is 0.250. The summed E-state index contributed by atoms with van der Waals surface area (Å²) in [4.78, 5) is 20.9. The zero-order chi connectivity index (χ0) is 15.0. The van der Waals surface area contributed by atoms with Crippen LogP contribution in [0.5, 0.6) is 0 Å². The van der Waals surface area contributed by atoms with E-state index in [1.54, 1.807) is 17.2 Å². The normalized spacial score (nSPS) is 14.0. The minimum absolute atomic E-state index is 0.104. The lowest BCUT2D eigenvalue weighted by atomic mass is 10.1. The van der Waals surface area contributed by atoms with E-state index >= 15 is 0 Å². The Bertz CT molecular complexity index is 702. The van der Waals surface area contributed by atoms with Crippen LogP contribution in [0.2, 0.25) is 5.02 Å². The minimum Gasteiger partial charge on any atom is -0.371 e. The zero-order valence-corrected chi connectivity index (χ0v) is 12.8. The molecule has 0 atom stereocenters. The van der Waals surface area contributed by atoms with Crippen LogP contribution in [0.25, 0.3) is 0 Å². The number of carbonyl (C=O) groups excluding carboxylic acids is 1. The Kier molecular flexibility index (Phi) is 3.55. The number of anilines is 2. The first-order chi connectivity index (χ1) is 10.1. The van der Waals surface area contributed by atoms with Crippen molar-refractivity contribution in [2.24, 2.45) is 0 Å². The van der Waals surface area contributed by atoms with Gasteiger partial charge in [0.15, 0.2) is 0 Å². The zero-order valence-electron chi connectivity index (χ0n) is 12.0. The lowest BCUT2D eigenvalue weighted by Crippen LogP contribution is -2.42. The molecular weight excluding hydrogens is 286 g/mol. The van der Waals surface area contributed by atoms with Gasteiger partial charge in [-0.1, -0.05) is 23.7 Å². The summed E-state index contributed by atoms with van der Waals surface area (Å²) in [5, 5.41) is 0.448. The lowest BCUT2D eigenvalue weighted by Gasteiger charge is -2.35. The van der Waals surface area contributed by atoms with Gasteiger partial charge in [-0.3, -0.25) is 9.78 Å². The van der Waals surface area contributed by atoms with Gasteiger partial charge < -0.3 is 9.80 Å². The van der Waals surface area contributed by atoms with Gasteiger partial charge in [-0.05, 0) is 25.1 Å². The first-order valence-electron chi connectivity index (χ1n) is 6.82. The molecule has 0 spiro atoms. The number of aromatic nitrogens is 1. The topological polar surface area (TPSA) is 36.4 Å². The van der Waals surface area contributed by atoms with E-state index < -0.39 is 0 Å². The second-order valence-corrected chi connectivity index (χ2v) is 5.58. The Morgan fingerprint density at radius 1 is 1.24 bits per heavy atom. The summed E-state index contributed by atoms with van der Waals surface area (Å²) in [6.07, 6.45) is 1.56. The summed E-state index contributed by atoms with van der Waals surface area (Å²) in [5.41, 5.74) is 3.21. The number of likely N-dealkylation sites (N-methyl/N-ethyl adjacent to an activating group) is 1.